The number of fused-ring (bicyclic) bond motifs is 1. The highest BCUT2D eigenvalue weighted by Gasteiger charge is 2.44. The topological polar surface area (TPSA) is 71.1 Å². The zero-order valence-corrected chi connectivity index (χ0v) is 11.4. The van der Waals surface area contributed by atoms with E-state index in [2.05, 4.69) is 0 Å². The molecule has 6 nitrogen and oxygen atoms in total. The van der Waals surface area contributed by atoms with E-state index in [4.69, 9.17) is 18.9 Å². The van der Waals surface area contributed by atoms with Crippen molar-refractivity contribution in [1.29, 1.82) is 0 Å². The van der Waals surface area contributed by atoms with Crippen molar-refractivity contribution < 1.29 is 28.5 Å². The third kappa shape index (κ3) is 2.81. The molecule has 0 saturated heterocycles. The number of ether oxygens (including phenoxy) is 4. The molecule has 104 valence electrons. The zero-order chi connectivity index (χ0) is 13.8. The van der Waals surface area contributed by atoms with Crippen molar-refractivity contribution in [2.24, 2.45) is 0 Å². The van der Waals surface area contributed by atoms with Gasteiger partial charge in [-0.05, 0) is 13.8 Å². The van der Waals surface area contributed by atoms with Crippen molar-refractivity contribution in [3.8, 4) is 11.5 Å². The van der Waals surface area contributed by atoms with Crippen molar-refractivity contribution in [2.75, 3.05) is 13.2 Å². The Kier molecular flexibility index (Phi) is 4.26. The molecule has 0 bridgehead atoms. The number of thiophene rings is 1. The first-order valence-corrected chi connectivity index (χ1v) is 6.84. The van der Waals surface area contributed by atoms with Gasteiger partial charge in [-0.2, -0.15) is 0 Å². The molecule has 1 aromatic rings. The molecule has 7 heteroatoms. The highest BCUT2D eigenvalue weighted by molar-refractivity contribution is 7.08. The van der Waals surface area contributed by atoms with E-state index in [-0.39, 0.29) is 13.2 Å². The molecular weight excluding hydrogens is 272 g/mol. The van der Waals surface area contributed by atoms with Gasteiger partial charge >= 0.3 is 11.9 Å². The molecule has 0 saturated carbocycles. The summed E-state index contributed by atoms with van der Waals surface area (Å²) < 4.78 is 20.7. The van der Waals surface area contributed by atoms with E-state index in [0.29, 0.717) is 11.5 Å². The normalized spacial score (nSPS) is 20.7. The number of rotatable bonds is 4. The highest BCUT2D eigenvalue weighted by Crippen LogP contribution is 2.37. The summed E-state index contributed by atoms with van der Waals surface area (Å²) >= 11 is 1.36. The van der Waals surface area contributed by atoms with E-state index in [0.717, 1.165) is 0 Å². The van der Waals surface area contributed by atoms with Crippen LogP contribution in [0.3, 0.4) is 0 Å². The predicted octanol–water partition coefficient (Wildman–Crippen LogP) is 1.38. The average molecular weight is 286 g/mol. The van der Waals surface area contributed by atoms with Gasteiger partial charge in [-0.15, -0.1) is 11.3 Å². The first-order chi connectivity index (χ1) is 9.17. The SMILES string of the molecule is CCOC(=O)C1Oc2cscc2OC1C(=O)OCC. The Morgan fingerprint density at radius 2 is 1.47 bits per heavy atom. The molecule has 1 aromatic heterocycles. The minimum absolute atomic E-state index is 0.199. The van der Waals surface area contributed by atoms with Gasteiger partial charge in [-0.25, -0.2) is 9.59 Å². The van der Waals surface area contributed by atoms with Crippen LogP contribution in [-0.2, 0) is 19.1 Å². The smallest absolute Gasteiger partial charge is 0.351 e. The Morgan fingerprint density at radius 1 is 1.05 bits per heavy atom. The van der Waals surface area contributed by atoms with Crippen molar-refractivity contribution in [1.82, 2.24) is 0 Å². The van der Waals surface area contributed by atoms with Crippen LogP contribution in [0, 0.1) is 0 Å². The minimum atomic E-state index is -1.14. The summed E-state index contributed by atoms with van der Waals surface area (Å²) in [6.45, 7) is 3.75. The molecule has 0 radical (unpaired) electrons. The number of carbonyl (C=O) groups is 2. The van der Waals surface area contributed by atoms with Crippen LogP contribution in [0.2, 0.25) is 0 Å². The standard InChI is InChI=1S/C12H14O6S/c1-3-15-11(13)9-10(12(14)16-4-2)18-8-6-19-5-7(8)17-9/h5-6,9-10H,3-4H2,1-2H3. The summed E-state index contributed by atoms with van der Waals surface area (Å²) in [4.78, 5) is 23.6. The van der Waals surface area contributed by atoms with Crippen LogP contribution in [0.5, 0.6) is 11.5 Å². The van der Waals surface area contributed by atoms with Crippen LogP contribution in [-0.4, -0.2) is 37.4 Å². The lowest BCUT2D eigenvalue weighted by atomic mass is 10.2. The maximum atomic E-state index is 11.8. The monoisotopic (exact) mass is 286 g/mol. The number of hydrogen-bond donors (Lipinski definition) is 0. The maximum Gasteiger partial charge on any atom is 0.351 e. The van der Waals surface area contributed by atoms with E-state index >= 15 is 0 Å². The lowest BCUT2D eigenvalue weighted by Crippen LogP contribution is -2.50. The van der Waals surface area contributed by atoms with Gasteiger partial charge in [-0.3, -0.25) is 0 Å². The van der Waals surface area contributed by atoms with Crippen LogP contribution in [0.4, 0.5) is 0 Å². The first-order valence-electron chi connectivity index (χ1n) is 5.90. The van der Waals surface area contributed by atoms with Crippen molar-refractivity contribution in [2.45, 2.75) is 26.1 Å². The molecule has 0 aliphatic carbocycles. The summed E-state index contributed by atoms with van der Waals surface area (Å²) in [6.07, 6.45) is -2.28. The molecule has 2 atom stereocenters. The molecule has 2 unspecified atom stereocenters. The Hall–Kier alpha value is -1.76. The molecule has 1 aliphatic heterocycles. The third-order valence-electron chi connectivity index (χ3n) is 2.41. The fraction of sp³-hybridized carbons (Fsp3) is 0.500. The van der Waals surface area contributed by atoms with Crippen molar-refractivity contribution in [3.05, 3.63) is 10.8 Å². The zero-order valence-electron chi connectivity index (χ0n) is 10.6. The van der Waals surface area contributed by atoms with Crippen LogP contribution in [0.25, 0.3) is 0 Å². The predicted molar refractivity (Wildman–Crippen MR) is 66.4 cm³/mol. The summed E-state index contributed by atoms with van der Waals surface area (Å²) in [5, 5.41) is 3.39. The Bertz CT molecular complexity index is 428. The average Bonchev–Trinajstić information content (AvgIpc) is 2.85. The number of carbonyl (C=O) groups excluding carboxylic acids is 2. The van der Waals surface area contributed by atoms with Gasteiger partial charge in [0.15, 0.2) is 11.5 Å². The van der Waals surface area contributed by atoms with E-state index in [9.17, 15) is 9.59 Å². The summed E-state index contributed by atoms with van der Waals surface area (Å²) in [6, 6.07) is 0. The molecule has 0 amide bonds. The van der Waals surface area contributed by atoms with Crippen LogP contribution in [0.1, 0.15) is 13.8 Å². The van der Waals surface area contributed by atoms with Crippen molar-refractivity contribution >= 4 is 23.3 Å². The van der Waals surface area contributed by atoms with Crippen molar-refractivity contribution in [3.63, 3.8) is 0 Å². The Balaban J connectivity index is 2.21. The summed E-state index contributed by atoms with van der Waals surface area (Å²) in [5.41, 5.74) is 0. The second kappa shape index (κ2) is 5.92. The molecule has 0 aromatic carbocycles. The fourth-order valence-corrected chi connectivity index (χ4v) is 2.29. The summed E-state index contributed by atoms with van der Waals surface area (Å²) in [7, 11) is 0. The van der Waals surface area contributed by atoms with Gasteiger partial charge in [0.2, 0.25) is 12.2 Å². The molecule has 0 spiro atoms. The van der Waals surface area contributed by atoms with E-state index in [1.165, 1.54) is 11.3 Å². The molecule has 2 rings (SSSR count). The third-order valence-corrected chi connectivity index (χ3v) is 3.11. The van der Waals surface area contributed by atoms with Crippen LogP contribution >= 0.6 is 11.3 Å². The Morgan fingerprint density at radius 3 is 1.84 bits per heavy atom. The first kappa shape index (κ1) is 13.7. The van der Waals surface area contributed by atoms with E-state index in [1.807, 2.05) is 0 Å². The van der Waals surface area contributed by atoms with Crippen LogP contribution < -0.4 is 9.47 Å². The minimum Gasteiger partial charge on any atom is -0.469 e. The second-order valence-electron chi connectivity index (χ2n) is 3.68. The molecular formula is C12H14O6S. The Labute approximate surface area is 114 Å². The maximum absolute atomic E-state index is 11.8. The molecule has 2 heterocycles. The van der Waals surface area contributed by atoms with Gasteiger partial charge in [0.1, 0.15) is 0 Å². The lowest BCUT2D eigenvalue weighted by Gasteiger charge is -2.29. The van der Waals surface area contributed by atoms with E-state index in [1.54, 1.807) is 24.6 Å². The number of esters is 2. The largest absolute Gasteiger partial charge is 0.469 e. The van der Waals surface area contributed by atoms with E-state index < -0.39 is 24.1 Å². The molecule has 0 N–H and O–H groups in total. The van der Waals surface area contributed by atoms with Gasteiger partial charge in [0.05, 0.1) is 13.2 Å². The molecule has 1 aliphatic rings. The quantitative estimate of drug-likeness (QED) is 0.779. The molecule has 0 fully saturated rings. The number of hydrogen-bond acceptors (Lipinski definition) is 7. The van der Waals surface area contributed by atoms with Gasteiger partial charge in [0, 0.05) is 10.8 Å². The van der Waals surface area contributed by atoms with Gasteiger partial charge in [-0.1, -0.05) is 0 Å². The second-order valence-corrected chi connectivity index (χ2v) is 4.42. The van der Waals surface area contributed by atoms with Gasteiger partial charge < -0.3 is 18.9 Å². The fourth-order valence-electron chi connectivity index (χ4n) is 1.63. The van der Waals surface area contributed by atoms with Gasteiger partial charge in [0.25, 0.3) is 0 Å². The lowest BCUT2D eigenvalue weighted by molar-refractivity contribution is -0.171. The molecule has 19 heavy (non-hydrogen) atoms. The highest BCUT2D eigenvalue weighted by atomic mass is 32.1. The van der Waals surface area contributed by atoms with Crippen LogP contribution in [0.15, 0.2) is 10.8 Å². The summed E-state index contributed by atoms with van der Waals surface area (Å²) in [5.74, 6) is -0.415.